The number of hydrogen-bond donors (Lipinski definition) is 1. The van der Waals surface area contributed by atoms with Crippen molar-refractivity contribution >= 4 is 23.2 Å². The highest BCUT2D eigenvalue weighted by atomic mass is 16.1. The van der Waals surface area contributed by atoms with Crippen molar-refractivity contribution in [2.45, 2.75) is 45.4 Å². The molecule has 0 bridgehead atoms. The van der Waals surface area contributed by atoms with Gasteiger partial charge in [-0.2, -0.15) is 0 Å². The van der Waals surface area contributed by atoms with Crippen LogP contribution in [0.4, 0.5) is 11.6 Å². The van der Waals surface area contributed by atoms with E-state index in [0.717, 1.165) is 24.6 Å². The number of hydrogen-bond acceptors (Lipinski definition) is 4. The van der Waals surface area contributed by atoms with Gasteiger partial charge in [-0.3, -0.25) is 4.79 Å². The molecule has 1 fully saturated rings. The SMILES string of the molecule is CC(C)(C)c1ccc(C(=O)Nc2cn3nc(N4CCCCC4)ccc3n2)cc1. The third kappa shape index (κ3) is 3.86. The first-order valence-electron chi connectivity index (χ1n) is 9.93. The number of rotatable bonds is 3. The molecule has 4 rings (SSSR count). The zero-order valence-corrected chi connectivity index (χ0v) is 16.8. The first kappa shape index (κ1) is 18.5. The van der Waals surface area contributed by atoms with Crippen molar-refractivity contribution in [1.82, 2.24) is 14.6 Å². The average molecular weight is 377 g/mol. The van der Waals surface area contributed by atoms with Crippen LogP contribution in [0, 0.1) is 0 Å². The minimum Gasteiger partial charge on any atom is -0.355 e. The molecule has 6 nitrogen and oxygen atoms in total. The van der Waals surface area contributed by atoms with Gasteiger partial charge >= 0.3 is 0 Å². The number of amides is 1. The van der Waals surface area contributed by atoms with Gasteiger partial charge in [0.05, 0.1) is 6.20 Å². The molecule has 0 atom stereocenters. The number of piperidine rings is 1. The van der Waals surface area contributed by atoms with E-state index in [2.05, 4.69) is 41.1 Å². The summed E-state index contributed by atoms with van der Waals surface area (Å²) in [6, 6.07) is 11.7. The molecule has 0 spiro atoms. The molecule has 28 heavy (non-hydrogen) atoms. The molecule has 1 aliphatic rings. The van der Waals surface area contributed by atoms with Crippen LogP contribution < -0.4 is 10.2 Å². The summed E-state index contributed by atoms with van der Waals surface area (Å²) in [5.41, 5.74) is 2.60. The second kappa shape index (κ2) is 7.26. The van der Waals surface area contributed by atoms with Gasteiger partial charge in [-0.15, -0.1) is 5.10 Å². The predicted octanol–water partition coefficient (Wildman–Crippen LogP) is 4.27. The van der Waals surface area contributed by atoms with Crippen LogP contribution in [0.5, 0.6) is 0 Å². The largest absolute Gasteiger partial charge is 0.355 e. The summed E-state index contributed by atoms with van der Waals surface area (Å²) in [6.45, 7) is 8.56. The van der Waals surface area contributed by atoms with Crippen molar-refractivity contribution in [3.05, 3.63) is 53.7 Å². The van der Waals surface area contributed by atoms with E-state index in [0.29, 0.717) is 11.4 Å². The van der Waals surface area contributed by atoms with Crippen LogP contribution in [0.15, 0.2) is 42.6 Å². The molecular weight excluding hydrogens is 350 g/mol. The maximum absolute atomic E-state index is 12.6. The van der Waals surface area contributed by atoms with Gasteiger partial charge in [0.15, 0.2) is 11.5 Å². The van der Waals surface area contributed by atoms with Crippen LogP contribution in [0.1, 0.15) is 56.0 Å². The van der Waals surface area contributed by atoms with E-state index < -0.39 is 0 Å². The molecule has 1 amide bonds. The minimum atomic E-state index is -0.167. The van der Waals surface area contributed by atoms with Gasteiger partial charge in [0.25, 0.3) is 5.91 Å². The Morgan fingerprint density at radius 3 is 2.39 bits per heavy atom. The molecule has 6 heteroatoms. The van der Waals surface area contributed by atoms with Crippen LogP contribution in [-0.4, -0.2) is 33.6 Å². The van der Waals surface area contributed by atoms with Crippen LogP contribution >= 0.6 is 0 Å². The van der Waals surface area contributed by atoms with E-state index in [9.17, 15) is 4.79 Å². The molecule has 2 aromatic heterocycles. The van der Waals surface area contributed by atoms with Gasteiger partial charge in [-0.1, -0.05) is 32.9 Å². The normalized spacial score (nSPS) is 15.0. The fourth-order valence-corrected chi connectivity index (χ4v) is 3.53. The fourth-order valence-electron chi connectivity index (χ4n) is 3.53. The topological polar surface area (TPSA) is 62.5 Å². The molecule has 1 aliphatic heterocycles. The number of carbonyl (C=O) groups is 1. The first-order chi connectivity index (χ1) is 13.4. The molecule has 0 unspecified atom stereocenters. The average Bonchev–Trinajstić information content (AvgIpc) is 3.09. The van der Waals surface area contributed by atoms with Crippen LogP contribution in [-0.2, 0) is 5.41 Å². The molecule has 0 radical (unpaired) electrons. The third-order valence-corrected chi connectivity index (χ3v) is 5.24. The Hall–Kier alpha value is -2.89. The van der Waals surface area contributed by atoms with Gasteiger partial charge in [0, 0.05) is 18.7 Å². The van der Waals surface area contributed by atoms with Gasteiger partial charge in [0.1, 0.15) is 5.82 Å². The van der Waals surface area contributed by atoms with Crippen molar-refractivity contribution in [3.8, 4) is 0 Å². The van der Waals surface area contributed by atoms with Crippen LogP contribution in [0.25, 0.3) is 5.65 Å². The van der Waals surface area contributed by atoms with Crippen molar-refractivity contribution in [2.75, 3.05) is 23.3 Å². The maximum atomic E-state index is 12.6. The maximum Gasteiger partial charge on any atom is 0.256 e. The summed E-state index contributed by atoms with van der Waals surface area (Å²) in [7, 11) is 0. The molecule has 3 aromatic rings. The Bertz CT molecular complexity index is 978. The monoisotopic (exact) mass is 377 g/mol. The van der Waals surface area contributed by atoms with Crippen molar-refractivity contribution in [3.63, 3.8) is 0 Å². The predicted molar refractivity (Wildman–Crippen MR) is 112 cm³/mol. The highest BCUT2D eigenvalue weighted by molar-refractivity contribution is 6.03. The summed E-state index contributed by atoms with van der Waals surface area (Å²) in [6.07, 6.45) is 5.47. The second-order valence-electron chi connectivity index (χ2n) is 8.45. The molecule has 3 heterocycles. The lowest BCUT2D eigenvalue weighted by Crippen LogP contribution is -2.30. The smallest absolute Gasteiger partial charge is 0.256 e. The zero-order chi connectivity index (χ0) is 19.7. The van der Waals surface area contributed by atoms with E-state index in [1.54, 1.807) is 10.7 Å². The lowest BCUT2D eigenvalue weighted by atomic mass is 9.87. The second-order valence-corrected chi connectivity index (χ2v) is 8.45. The number of imidazole rings is 1. The van der Waals surface area contributed by atoms with Crippen LogP contribution in [0.2, 0.25) is 0 Å². The number of aromatic nitrogens is 3. The highest BCUT2D eigenvalue weighted by Crippen LogP contribution is 2.23. The molecule has 1 N–H and O–H groups in total. The van der Waals surface area contributed by atoms with Gasteiger partial charge < -0.3 is 10.2 Å². The van der Waals surface area contributed by atoms with E-state index in [-0.39, 0.29) is 11.3 Å². The summed E-state index contributed by atoms with van der Waals surface area (Å²) >= 11 is 0. The number of benzene rings is 1. The Morgan fingerprint density at radius 2 is 1.71 bits per heavy atom. The lowest BCUT2D eigenvalue weighted by molar-refractivity contribution is 0.102. The molecule has 0 saturated carbocycles. The van der Waals surface area contributed by atoms with Crippen LogP contribution in [0.3, 0.4) is 0 Å². The van der Waals surface area contributed by atoms with Crippen molar-refractivity contribution < 1.29 is 4.79 Å². The number of nitrogens with one attached hydrogen (secondary N) is 1. The Balaban J connectivity index is 1.50. The summed E-state index contributed by atoms with van der Waals surface area (Å²) in [4.78, 5) is 19.4. The molecule has 1 saturated heterocycles. The first-order valence-corrected chi connectivity index (χ1v) is 9.93. The molecular formula is C22H27N5O. The Morgan fingerprint density at radius 1 is 1.00 bits per heavy atom. The van der Waals surface area contributed by atoms with Gasteiger partial charge in [0.2, 0.25) is 0 Å². The summed E-state index contributed by atoms with van der Waals surface area (Å²) in [5.74, 6) is 1.30. The Kier molecular flexibility index (Phi) is 4.79. The third-order valence-electron chi connectivity index (χ3n) is 5.24. The summed E-state index contributed by atoms with van der Waals surface area (Å²) in [5, 5.41) is 7.55. The zero-order valence-electron chi connectivity index (χ0n) is 16.8. The molecule has 0 aliphatic carbocycles. The summed E-state index contributed by atoms with van der Waals surface area (Å²) < 4.78 is 1.74. The fraction of sp³-hybridized carbons (Fsp3) is 0.409. The van der Waals surface area contributed by atoms with E-state index in [4.69, 9.17) is 0 Å². The van der Waals surface area contributed by atoms with E-state index in [1.165, 1.54) is 24.8 Å². The number of nitrogens with zero attached hydrogens (tertiary/aromatic N) is 4. The van der Waals surface area contributed by atoms with E-state index in [1.807, 2.05) is 36.4 Å². The minimum absolute atomic E-state index is 0.0638. The van der Waals surface area contributed by atoms with Gasteiger partial charge in [-0.05, 0) is 54.5 Å². The molecule has 1 aromatic carbocycles. The lowest BCUT2D eigenvalue weighted by Gasteiger charge is -2.27. The van der Waals surface area contributed by atoms with Gasteiger partial charge in [-0.25, -0.2) is 9.50 Å². The molecule has 146 valence electrons. The van der Waals surface area contributed by atoms with Crippen molar-refractivity contribution in [1.29, 1.82) is 0 Å². The quantitative estimate of drug-likeness (QED) is 0.740. The number of fused-ring (bicyclic) bond motifs is 1. The number of anilines is 2. The number of carbonyl (C=O) groups excluding carboxylic acids is 1. The van der Waals surface area contributed by atoms with Crippen molar-refractivity contribution in [2.24, 2.45) is 0 Å². The standard InChI is InChI=1S/C22H27N5O/c1-22(2,3)17-9-7-16(8-10-17)21(28)24-18-15-27-19(23-18)11-12-20(25-27)26-13-5-4-6-14-26/h7-12,15H,4-6,13-14H2,1-3H3,(H,24,28). The Labute approximate surface area is 165 Å². The van der Waals surface area contributed by atoms with E-state index >= 15 is 0 Å². The highest BCUT2D eigenvalue weighted by Gasteiger charge is 2.16.